The molecule has 0 aromatic carbocycles. The number of hydrogen-bond acceptors (Lipinski definition) is 4. The number of carboxylic acid groups (broad SMARTS) is 1. The summed E-state index contributed by atoms with van der Waals surface area (Å²) in [5, 5.41) is 17.2. The molecule has 0 atom stereocenters. The first-order chi connectivity index (χ1) is 7.63. The third-order valence-electron chi connectivity index (χ3n) is 2.18. The average Bonchev–Trinajstić information content (AvgIpc) is 2.28. The molecule has 5 heteroatoms. The molecule has 0 saturated heterocycles. The van der Waals surface area contributed by atoms with Crippen LogP contribution >= 0.6 is 0 Å². The van der Waals surface area contributed by atoms with Gasteiger partial charge in [-0.25, -0.2) is 4.98 Å². The zero-order chi connectivity index (χ0) is 12.0. The summed E-state index contributed by atoms with van der Waals surface area (Å²) in [6.07, 6.45) is 2.30. The van der Waals surface area contributed by atoms with Gasteiger partial charge >= 0.3 is 5.97 Å². The van der Waals surface area contributed by atoms with Gasteiger partial charge in [0.2, 0.25) is 0 Å². The van der Waals surface area contributed by atoms with E-state index < -0.39 is 5.97 Å². The van der Waals surface area contributed by atoms with Crippen LogP contribution < -0.4 is 4.90 Å². The predicted molar refractivity (Wildman–Crippen MR) is 59.1 cm³/mol. The van der Waals surface area contributed by atoms with Crippen molar-refractivity contribution >= 4 is 11.7 Å². The van der Waals surface area contributed by atoms with E-state index in [0.29, 0.717) is 18.7 Å². The van der Waals surface area contributed by atoms with Gasteiger partial charge in [0, 0.05) is 31.9 Å². The molecule has 1 aromatic rings. The average molecular weight is 219 g/mol. The number of carboxylic acids is 1. The lowest BCUT2D eigenvalue weighted by atomic mass is 10.2. The van der Waals surface area contributed by atoms with Crippen molar-refractivity contribution in [1.82, 2.24) is 4.98 Å². The number of nitriles is 1. The van der Waals surface area contributed by atoms with Crippen LogP contribution in [0.15, 0.2) is 18.3 Å². The van der Waals surface area contributed by atoms with Crippen LogP contribution in [0.5, 0.6) is 0 Å². The number of rotatable bonds is 5. The zero-order valence-corrected chi connectivity index (χ0v) is 9.05. The van der Waals surface area contributed by atoms with Gasteiger partial charge in [-0.05, 0) is 18.6 Å². The summed E-state index contributed by atoms with van der Waals surface area (Å²) in [5.74, 6) is -0.791. The van der Waals surface area contributed by atoms with Gasteiger partial charge in [-0.1, -0.05) is 0 Å². The van der Waals surface area contributed by atoms with Crippen molar-refractivity contribution in [2.24, 2.45) is 0 Å². The quantitative estimate of drug-likeness (QED) is 0.806. The maximum atomic E-state index is 10.3. The largest absolute Gasteiger partial charge is 0.481 e. The molecule has 0 fully saturated rings. The first-order valence-corrected chi connectivity index (χ1v) is 4.92. The molecular weight excluding hydrogens is 206 g/mol. The monoisotopic (exact) mass is 219 g/mol. The Morgan fingerprint density at radius 2 is 2.44 bits per heavy atom. The Morgan fingerprint density at radius 1 is 1.69 bits per heavy atom. The minimum atomic E-state index is -0.791. The van der Waals surface area contributed by atoms with Gasteiger partial charge in [0.1, 0.15) is 11.8 Å². The molecule has 0 spiro atoms. The molecule has 1 aromatic heterocycles. The number of aromatic nitrogens is 1. The number of aliphatic carboxylic acids is 1. The summed E-state index contributed by atoms with van der Waals surface area (Å²) in [5.41, 5.74) is 1.24. The second kappa shape index (κ2) is 5.71. The van der Waals surface area contributed by atoms with Gasteiger partial charge in [0.05, 0.1) is 0 Å². The smallest absolute Gasteiger partial charge is 0.303 e. The lowest BCUT2D eigenvalue weighted by Crippen LogP contribution is -2.19. The van der Waals surface area contributed by atoms with Gasteiger partial charge in [0.15, 0.2) is 0 Å². The molecular formula is C11H13N3O2. The fourth-order valence-corrected chi connectivity index (χ4v) is 1.31. The maximum Gasteiger partial charge on any atom is 0.303 e. The first kappa shape index (κ1) is 12.0. The molecule has 0 bridgehead atoms. The number of nitrogens with zero attached hydrogens (tertiary/aromatic N) is 3. The van der Waals surface area contributed by atoms with Crippen molar-refractivity contribution < 1.29 is 9.90 Å². The molecule has 0 aliphatic heterocycles. The van der Waals surface area contributed by atoms with Gasteiger partial charge in [0.25, 0.3) is 0 Å². The van der Waals surface area contributed by atoms with Gasteiger partial charge in [-0.3, -0.25) is 4.79 Å². The fraction of sp³-hybridized carbons (Fsp3) is 0.364. The Balaban J connectivity index is 2.55. The third-order valence-corrected chi connectivity index (χ3v) is 2.18. The van der Waals surface area contributed by atoms with E-state index in [-0.39, 0.29) is 6.42 Å². The van der Waals surface area contributed by atoms with Crippen LogP contribution in [-0.2, 0) is 4.79 Å². The van der Waals surface area contributed by atoms with Gasteiger partial charge in [-0.2, -0.15) is 5.26 Å². The highest BCUT2D eigenvalue weighted by molar-refractivity contribution is 5.66. The SMILES string of the molecule is CN(CCCC(=O)O)c1ccnc(C#N)c1. The summed E-state index contributed by atoms with van der Waals surface area (Å²) >= 11 is 0. The Bertz CT molecular complexity index is 412. The number of carbonyl (C=O) groups is 1. The highest BCUT2D eigenvalue weighted by Crippen LogP contribution is 2.12. The van der Waals surface area contributed by atoms with Crippen molar-refractivity contribution in [2.45, 2.75) is 12.8 Å². The Hall–Kier alpha value is -2.09. The van der Waals surface area contributed by atoms with Gasteiger partial charge < -0.3 is 10.0 Å². The summed E-state index contributed by atoms with van der Waals surface area (Å²) < 4.78 is 0. The highest BCUT2D eigenvalue weighted by Gasteiger charge is 2.03. The summed E-state index contributed by atoms with van der Waals surface area (Å²) in [4.78, 5) is 16.1. The fourth-order valence-electron chi connectivity index (χ4n) is 1.31. The Morgan fingerprint density at radius 3 is 3.06 bits per heavy atom. The van der Waals surface area contributed by atoms with E-state index in [4.69, 9.17) is 10.4 Å². The van der Waals surface area contributed by atoms with E-state index in [9.17, 15) is 4.79 Å². The molecule has 0 saturated carbocycles. The van der Waals surface area contributed by atoms with E-state index >= 15 is 0 Å². The highest BCUT2D eigenvalue weighted by atomic mass is 16.4. The van der Waals surface area contributed by atoms with Crippen molar-refractivity contribution in [1.29, 1.82) is 5.26 Å². The maximum absolute atomic E-state index is 10.3. The van der Waals surface area contributed by atoms with Crippen LogP contribution in [0.25, 0.3) is 0 Å². The normalized spacial score (nSPS) is 9.50. The number of anilines is 1. The molecule has 0 radical (unpaired) electrons. The molecule has 1 N–H and O–H groups in total. The Kier molecular flexibility index (Phi) is 4.28. The third kappa shape index (κ3) is 3.58. The predicted octanol–water partition coefficient (Wildman–Crippen LogP) is 1.25. The van der Waals surface area contributed by atoms with E-state index in [2.05, 4.69) is 4.98 Å². The van der Waals surface area contributed by atoms with Crippen molar-refractivity contribution in [3.05, 3.63) is 24.0 Å². The topological polar surface area (TPSA) is 77.2 Å². The molecule has 0 aliphatic carbocycles. The molecule has 84 valence electrons. The second-order valence-electron chi connectivity index (χ2n) is 3.43. The molecule has 16 heavy (non-hydrogen) atoms. The molecule has 1 heterocycles. The van der Waals surface area contributed by atoms with E-state index in [0.717, 1.165) is 5.69 Å². The molecule has 0 aliphatic rings. The molecule has 1 rings (SSSR count). The lowest BCUT2D eigenvalue weighted by molar-refractivity contribution is -0.137. The first-order valence-electron chi connectivity index (χ1n) is 4.92. The van der Waals surface area contributed by atoms with Crippen LogP contribution in [0.2, 0.25) is 0 Å². The van der Waals surface area contributed by atoms with Gasteiger partial charge in [-0.15, -0.1) is 0 Å². The minimum Gasteiger partial charge on any atom is -0.481 e. The van der Waals surface area contributed by atoms with Crippen molar-refractivity contribution in [3.8, 4) is 6.07 Å². The lowest BCUT2D eigenvalue weighted by Gasteiger charge is -2.18. The van der Waals surface area contributed by atoms with Crippen molar-refractivity contribution in [3.63, 3.8) is 0 Å². The van der Waals surface area contributed by atoms with E-state index in [1.807, 2.05) is 18.0 Å². The van der Waals surface area contributed by atoms with Crippen LogP contribution in [0.4, 0.5) is 5.69 Å². The molecule has 0 amide bonds. The zero-order valence-electron chi connectivity index (χ0n) is 9.05. The Labute approximate surface area is 93.9 Å². The number of hydrogen-bond donors (Lipinski definition) is 1. The van der Waals surface area contributed by atoms with Crippen LogP contribution in [-0.4, -0.2) is 29.7 Å². The minimum absolute atomic E-state index is 0.153. The van der Waals surface area contributed by atoms with E-state index in [1.54, 1.807) is 18.3 Å². The summed E-state index contributed by atoms with van der Waals surface area (Å²) in [6, 6.07) is 5.44. The summed E-state index contributed by atoms with van der Waals surface area (Å²) in [7, 11) is 1.86. The number of pyridine rings is 1. The van der Waals surface area contributed by atoms with Crippen LogP contribution in [0, 0.1) is 11.3 Å². The van der Waals surface area contributed by atoms with E-state index in [1.165, 1.54) is 0 Å². The van der Waals surface area contributed by atoms with Crippen LogP contribution in [0.1, 0.15) is 18.5 Å². The van der Waals surface area contributed by atoms with Crippen molar-refractivity contribution in [2.75, 3.05) is 18.5 Å². The molecule has 5 nitrogen and oxygen atoms in total. The second-order valence-corrected chi connectivity index (χ2v) is 3.43. The standard InChI is InChI=1S/C11H13N3O2/c1-14(6-2-3-11(15)16)10-4-5-13-9(7-10)8-12/h4-5,7H,2-3,6H2,1H3,(H,15,16). The molecule has 0 unspecified atom stereocenters. The summed E-state index contributed by atoms with van der Waals surface area (Å²) in [6.45, 7) is 0.640. The van der Waals surface area contributed by atoms with Crippen LogP contribution in [0.3, 0.4) is 0 Å².